The van der Waals surface area contributed by atoms with Crippen LogP contribution in [0, 0.1) is 5.92 Å². The summed E-state index contributed by atoms with van der Waals surface area (Å²) in [6.45, 7) is 0.415. The minimum Gasteiger partial charge on any atom is -0.493 e. The first-order valence-corrected chi connectivity index (χ1v) is 11.6. The summed E-state index contributed by atoms with van der Waals surface area (Å²) in [5, 5.41) is 10.8. The lowest BCUT2D eigenvalue weighted by atomic mass is 9.89. The fourth-order valence-corrected chi connectivity index (χ4v) is 4.68. The SMILES string of the molecule is CS(=O)(=O)Nc1ccccc1-c1ccc2c(c1)OCC(Cc1cncs1)C2O. The minimum absolute atomic E-state index is 0.0296. The van der Waals surface area contributed by atoms with Gasteiger partial charge < -0.3 is 9.84 Å². The molecule has 0 amide bonds. The zero-order chi connectivity index (χ0) is 19.7. The van der Waals surface area contributed by atoms with Gasteiger partial charge in [-0.3, -0.25) is 9.71 Å². The lowest BCUT2D eigenvalue weighted by Gasteiger charge is -2.30. The number of benzene rings is 2. The molecule has 8 heteroatoms. The van der Waals surface area contributed by atoms with Crippen LogP contribution >= 0.6 is 11.3 Å². The highest BCUT2D eigenvalue weighted by atomic mass is 32.2. The molecule has 3 aromatic rings. The van der Waals surface area contributed by atoms with Gasteiger partial charge in [-0.2, -0.15) is 0 Å². The Morgan fingerprint density at radius 3 is 2.86 bits per heavy atom. The number of sulfonamides is 1. The van der Waals surface area contributed by atoms with E-state index in [1.165, 1.54) is 0 Å². The zero-order valence-corrected chi connectivity index (χ0v) is 16.8. The Morgan fingerprint density at radius 2 is 2.11 bits per heavy atom. The average molecular weight is 417 g/mol. The number of aliphatic hydroxyl groups excluding tert-OH is 1. The molecule has 1 aromatic heterocycles. The Balaban J connectivity index is 1.63. The van der Waals surface area contributed by atoms with Gasteiger partial charge in [0, 0.05) is 28.1 Å². The fraction of sp³-hybridized carbons (Fsp3) is 0.250. The molecule has 2 heterocycles. The van der Waals surface area contributed by atoms with Crippen molar-refractivity contribution in [3.8, 4) is 16.9 Å². The van der Waals surface area contributed by atoms with Gasteiger partial charge in [0.05, 0.1) is 30.2 Å². The fourth-order valence-electron chi connectivity index (χ4n) is 3.41. The van der Waals surface area contributed by atoms with E-state index in [0.29, 0.717) is 24.5 Å². The van der Waals surface area contributed by atoms with Gasteiger partial charge in [-0.25, -0.2) is 8.42 Å². The van der Waals surface area contributed by atoms with Crippen LogP contribution in [0.15, 0.2) is 54.2 Å². The highest BCUT2D eigenvalue weighted by Crippen LogP contribution is 2.40. The molecule has 1 aliphatic rings. The number of aromatic nitrogens is 1. The van der Waals surface area contributed by atoms with E-state index in [4.69, 9.17) is 4.74 Å². The first-order chi connectivity index (χ1) is 13.4. The molecule has 0 aliphatic carbocycles. The highest BCUT2D eigenvalue weighted by Gasteiger charge is 2.30. The number of hydrogen-bond donors (Lipinski definition) is 2. The lowest BCUT2D eigenvalue weighted by molar-refractivity contribution is 0.0512. The maximum Gasteiger partial charge on any atom is 0.229 e. The molecule has 0 saturated carbocycles. The lowest BCUT2D eigenvalue weighted by Crippen LogP contribution is -2.27. The summed E-state index contributed by atoms with van der Waals surface area (Å²) in [5.41, 5.74) is 4.61. The third kappa shape index (κ3) is 4.04. The van der Waals surface area contributed by atoms with E-state index in [0.717, 1.165) is 27.8 Å². The Labute approximate surface area is 167 Å². The largest absolute Gasteiger partial charge is 0.493 e. The minimum atomic E-state index is -3.39. The predicted octanol–water partition coefficient (Wildman–Crippen LogP) is 3.47. The Morgan fingerprint density at radius 1 is 1.29 bits per heavy atom. The molecule has 0 saturated heterocycles. The summed E-state index contributed by atoms with van der Waals surface area (Å²) in [7, 11) is -3.39. The normalized spacial score (nSPS) is 18.9. The number of ether oxygens (including phenoxy) is 1. The van der Waals surface area contributed by atoms with E-state index in [-0.39, 0.29) is 5.92 Å². The molecule has 2 N–H and O–H groups in total. The molecular formula is C20H20N2O4S2. The smallest absolute Gasteiger partial charge is 0.229 e. The van der Waals surface area contributed by atoms with Crippen molar-refractivity contribution in [2.45, 2.75) is 12.5 Å². The number of aliphatic hydroxyl groups is 1. The van der Waals surface area contributed by atoms with Crippen LogP contribution in [0.2, 0.25) is 0 Å². The molecule has 146 valence electrons. The van der Waals surface area contributed by atoms with Crippen molar-refractivity contribution >= 4 is 27.0 Å². The molecule has 2 aromatic carbocycles. The standard InChI is InChI=1S/C20H20N2O4S2/c1-28(24,25)22-18-5-3-2-4-16(18)13-6-7-17-19(9-13)26-11-14(20(17)23)8-15-10-21-12-27-15/h2-7,9-10,12,14,20,22-23H,8,11H2,1H3. The number of para-hydroxylation sites is 1. The summed E-state index contributed by atoms with van der Waals surface area (Å²) in [6, 6.07) is 12.8. The second kappa shape index (κ2) is 7.54. The first kappa shape index (κ1) is 18.9. The van der Waals surface area contributed by atoms with Crippen LogP contribution in [0.1, 0.15) is 16.5 Å². The van der Waals surface area contributed by atoms with Crippen LogP contribution in [0.5, 0.6) is 5.75 Å². The van der Waals surface area contributed by atoms with Gasteiger partial charge in [0.2, 0.25) is 10.0 Å². The van der Waals surface area contributed by atoms with Crippen LogP contribution < -0.4 is 9.46 Å². The van der Waals surface area contributed by atoms with Crippen LogP contribution in [0.25, 0.3) is 11.1 Å². The molecule has 2 unspecified atom stereocenters. The number of anilines is 1. The van der Waals surface area contributed by atoms with Crippen molar-refractivity contribution in [2.75, 3.05) is 17.6 Å². The number of rotatable bonds is 5. The summed E-state index contributed by atoms with van der Waals surface area (Å²) >= 11 is 1.57. The van der Waals surface area contributed by atoms with Gasteiger partial charge in [-0.05, 0) is 24.1 Å². The quantitative estimate of drug-likeness (QED) is 0.665. The van der Waals surface area contributed by atoms with E-state index >= 15 is 0 Å². The summed E-state index contributed by atoms with van der Waals surface area (Å²) < 4.78 is 31.8. The maximum atomic E-state index is 11.7. The predicted molar refractivity (Wildman–Crippen MR) is 110 cm³/mol. The number of fused-ring (bicyclic) bond motifs is 1. The molecule has 0 fully saturated rings. The van der Waals surface area contributed by atoms with Gasteiger partial charge >= 0.3 is 0 Å². The van der Waals surface area contributed by atoms with Crippen LogP contribution in [0.3, 0.4) is 0 Å². The van der Waals surface area contributed by atoms with Gasteiger partial charge in [0.25, 0.3) is 0 Å². The molecule has 4 rings (SSSR count). The topological polar surface area (TPSA) is 88.5 Å². The number of nitrogens with one attached hydrogen (secondary N) is 1. The molecule has 0 bridgehead atoms. The molecule has 1 aliphatic heterocycles. The third-order valence-electron chi connectivity index (χ3n) is 4.71. The summed E-state index contributed by atoms with van der Waals surface area (Å²) in [4.78, 5) is 5.20. The van der Waals surface area contributed by atoms with Crippen molar-refractivity contribution < 1.29 is 18.3 Å². The summed E-state index contributed by atoms with van der Waals surface area (Å²) in [6.07, 6.45) is 3.04. The van der Waals surface area contributed by atoms with Crippen LogP contribution in [-0.2, 0) is 16.4 Å². The maximum absolute atomic E-state index is 11.7. The van der Waals surface area contributed by atoms with Crippen molar-refractivity contribution in [1.82, 2.24) is 4.98 Å². The van der Waals surface area contributed by atoms with E-state index < -0.39 is 16.1 Å². The van der Waals surface area contributed by atoms with Crippen LogP contribution in [-0.4, -0.2) is 31.4 Å². The molecule has 2 atom stereocenters. The van der Waals surface area contributed by atoms with Crippen molar-refractivity contribution in [1.29, 1.82) is 0 Å². The molecular weight excluding hydrogens is 396 g/mol. The number of hydrogen-bond acceptors (Lipinski definition) is 6. The molecule has 0 spiro atoms. The second-order valence-corrected chi connectivity index (χ2v) is 9.58. The van der Waals surface area contributed by atoms with Gasteiger partial charge in [-0.15, -0.1) is 11.3 Å². The van der Waals surface area contributed by atoms with Crippen LogP contribution in [0.4, 0.5) is 5.69 Å². The molecule has 6 nitrogen and oxygen atoms in total. The van der Waals surface area contributed by atoms with E-state index in [9.17, 15) is 13.5 Å². The number of nitrogens with zero attached hydrogens (tertiary/aromatic N) is 1. The number of thiazole rings is 1. The van der Waals surface area contributed by atoms with E-state index in [2.05, 4.69) is 9.71 Å². The van der Waals surface area contributed by atoms with Gasteiger partial charge in [0.15, 0.2) is 0 Å². The molecule has 28 heavy (non-hydrogen) atoms. The third-order valence-corrected chi connectivity index (χ3v) is 6.10. The zero-order valence-electron chi connectivity index (χ0n) is 15.2. The monoisotopic (exact) mass is 416 g/mol. The van der Waals surface area contributed by atoms with Crippen molar-refractivity contribution in [3.05, 3.63) is 64.6 Å². The first-order valence-electron chi connectivity index (χ1n) is 8.80. The van der Waals surface area contributed by atoms with Crippen molar-refractivity contribution in [3.63, 3.8) is 0 Å². The average Bonchev–Trinajstić information content (AvgIpc) is 3.16. The Hall–Kier alpha value is -2.42. The van der Waals surface area contributed by atoms with Crippen molar-refractivity contribution in [2.24, 2.45) is 5.92 Å². The van der Waals surface area contributed by atoms with Gasteiger partial charge in [0.1, 0.15) is 5.75 Å². The Bertz CT molecular complexity index is 1080. The molecule has 0 radical (unpaired) electrons. The second-order valence-electron chi connectivity index (χ2n) is 6.86. The van der Waals surface area contributed by atoms with Gasteiger partial charge in [-0.1, -0.05) is 30.3 Å². The highest BCUT2D eigenvalue weighted by molar-refractivity contribution is 7.92. The summed E-state index contributed by atoms with van der Waals surface area (Å²) in [5.74, 6) is 0.595. The van der Waals surface area contributed by atoms with E-state index in [1.54, 1.807) is 29.0 Å². The van der Waals surface area contributed by atoms with E-state index in [1.807, 2.05) is 36.5 Å². The Kier molecular flexibility index (Phi) is 5.09.